The first-order chi connectivity index (χ1) is 4.70. The molecule has 0 unspecified atom stereocenters. The molecule has 0 saturated carbocycles. The highest BCUT2D eigenvalue weighted by atomic mass is 16.3. The van der Waals surface area contributed by atoms with Crippen LogP contribution in [-0.4, -0.2) is 22.4 Å². The molecule has 2 N–H and O–H groups in total. The normalized spacial score (nSPS) is 34.0. The third-order valence-electron chi connectivity index (χ3n) is 1.66. The van der Waals surface area contributed by atoms with E-state index >= 15 is 0 Å². The van der Waals surface area contributed by atoms with Gasteiger partial charge in [0, 0.05) is 6.42 Å². The smallest absolute Gasteiger partial charge is 0.0809 e. The molecule has 1 rings (SSSR count). The molecule has 0 spiro atoms. The van der Waals surface area contributed by atoms with E-state index in [2.05, 4.69) is 6.58 Å². The van der Waals surface area contributed by atoms with Gasteiger partial charge in [0.25, 0.3) is 0 Å². The average Bonchev–Trinajstić information content (AvgIpc) is 1.96. The molecule has 0 amide bonds. The van der Waals surface area contributed by atoms with E-state index in [0.717, 1.165) is 0 Å². The first-order valence-electron chi connectivity index (χ1n) is 3.41. The van der Waals surface area contributed by atoms with Crippen molar-refractivity contribution >= 4 is 0 Å². The molecule has 0 saturated heterocycles. The summed E-state index contributed by atoms with van der Waals surface area (Å²) in [5, 5.41) is 18.3. The van der Waals surface area contributed by atoms with E-state index in [4.69, 9.17) is 5.11 Å². The van der Waals surface area contributed by atoms with Crippen LogP contribution in [0.5, 0.6) is 0 Å². The van der Waals surface area contributed by atoms with E-state index in [9.17, 15) is 5.11 Å². The van der Waals surface area contributed by atoms with Crippen LogP contribution in [0.2, 0.25) is 0 Å². The lowest BCUT2D eigenvalue weighted by molar-refractivity contribution is 0.105. The van der Waals surface area contributed by atoms with Crippen molar-refractivity contribution in [2.24, 2.45) is 0 Å². The van der Waals surface area contributed by atoms with Crippen molar-refractivity contribution in [3.05, 3.63) is 24.3 Å². The quantitative estimate of drug-likeness (QED) is 0.517. The van der Waals surface area contributed by atoms with Gasteiger partial charge in [-0.25, -0.2) is 0 Å². The summed E-state index contributed by atoms with van der Waals surface area (Å²) in [6.07, 6.45) is 3.66. The molecule has 0 aromatic rings. The van der Waals surface area contributed by atoms with Crippen molar-refractivity contribution < 1.29 is 10.2 Å². The van der Waals surface area contributed by atoms with Gasteiger partial charge < -0.3 is 10.2 Å². The van der Waals surface area contributed by atoms with Gasteiger partial charge in [-0.15, -0.1) is 0 Å². The van der Waals surface area contributed by atoms with E-state index in [1.807, 2.05) is 6.08 Å². The Morgan fingerprint density at radius 1 is 1.50 bits per heavy atom. The monoisotopic (exact) mass is 140 g/mol. The fraction of sp³-hybridized carbons (Fsp3) is 0.500. The van der Waals surface area contributed by atoms with Crippen LogP contribution in [0.25, 0.3) is 0 Å². The minimum Gasteiger partial charge on any atom is -0.393 e. The Balaban J connectivity index is 2.62. The Hall–Kier alpha value is -0.600. The fourth-order valence-corrected chi connectivity index (χ4v) is 0.993. The number of hydrogen-bond donors (Lipinski definition) is 2. The summed E-state index contributed by atoms with van der Waals surface area (Å²) in [5.74, 6) is 0. The molecule has 1 aliphatic rings. The predicted molar refractivity (Wildman–Crippen MR) is 39.5 cm³/mol. The Bertz CT molecular complexity index is 161. The lowest BCUT2D eigenvalue weighted by Gasteiger charge is -2.10. The van der Waals surface area contributed by atoms with Crippen LogP contribution in [0.1, 0.15) is 12.8 Å². The number of aliphatic hydroxyl groups is 2. The first kappa shape index (κ1) is 7.51. The molecule has 2 heteroatoms. The van der Waals surface area contributed by atoms with Crippen LogP contribution < -0.4 is 0 Å². The predicted octanol–water partition coefficient (Wildman–Crippen LogP) is 0.614. The zero-order valence-electron chi connectivity index (χ0n) is 5.83. The minimum atomic E-state index is -0.561. The van der Waals surface area contributed by atoms with Gasteiger partial charge in [0.2, 0.25) is 0 Å². The van der Waals surface area contributed by atoms with Gasteiger partial charge in [0.15, 0.2) is 0 Å². The van der Waals surface area contributed by atoms with Crippen LogP contribution >= 0.6 is 0 Å². The largest absolute Gasteiger partial charge is 0.393 e. The molecule has 2 nitrogen and oxygen atoms in total. The highest BCUT2D eigenvalue weighted by molar-refractivity contribution is 5.21. The highest BCUT2D eigenvalue weighted by Gasteiger charge is 2.14. The second-order valence-corrected chi connectivity index (χ2v) is 2.62. The Morgan fingerprint density at radius 2 is 2.20 bits per heavy atom. The number of hydrogen-bond acceptors (Lipinski definition) is 2. The summed E-state index contributed by atoms with van der Waals surface area (Å²) in [4.78, 5) is 0. The molecule has 0 fully saturated rings. The zero-order valence-corrected chi connectivity index (χ0v) is 5.83. The van der Waals surface area contributed by atoms with Crippen LogP contribution in [0.15, 0.2) is 24.3 Å². The molecular weight excluding hydrogens is 128 g/mol. The zero-order chi connectivity index (χ0) is 7.56. The third kappa shape index (κ3) is 1.69. The average molecular weight is 140 g/mol. The number of rotatable bonds is 0. The first-order valence-corrected chi connectivity index (χ1v) is 3.41. The third-order valence-corrected chi connectivity index (χ3v) is 1.66. The summed E-state index contributed by atoms with van der Waals surface area (Å²) < 4.78 is 0. The standard InChI is InChI=1S/C8H12O2/c1-6-3-2-4-7(9)5-8(6)10/h2-3,7-10H,1,4-5H2/t7-,8+/m0/s1. The molecule has 0 aromatic heterocycles. The van der Waals surface area contributed by atoms with Gasteiger partial charge in [-0.2, -0.15) is 0 Å². The lowest BCUT2D eigenvalue weighted by atomic mass is 10.1. The molecule has 56 valence electrons. The SMILES string of the molecule is C=C1C=CC[C@H](O)C[C@H]1O. The van der Waals surface area contributed by atoms with Gasteiger partial charge in [-0.1, -0.05) is 18.7 Å². The maximum atomic E-state index is 9.22. The second-order valence-electron chi connectivity index (χ2n) is 2.62. The van der Waals surface area contributed by atoms with Crippen molar-refractivity contribution in [3.63, 3.8) is 0 Å². The molecule has 10 heavy (non-hydrogen) atoms. The Morgan fingerprint density at radius 3 is 2.90 bits per heavy atom. The van der Waals surface area contributed by atoms with Crippen molar-refractivity contribution in [1.29, 1.82) is 0 Å². The van der Waals surface area contributed by atoms with Gasteiger partial charge in [0.05, 0.1) is 12.2 Å². The summed E-state index contributed by atoms with van der Waals surface area (Å²) in [5.41, 5.74) is 0.691. The van der Waals surface area contributed by atoms with Crippen LogP contribution in [0, 0.1) is 0 Å². The molecule has 0 aliphatic heterocycles. The Kier molecular flexibility index (Phi) is 2.25. The topological polar surface area (TPSA) is 40.5 Å². The van der Waals surface area contributed by atoms with Crippen molar-refractivity contribution in [2.45, 2.75) is 25.0 Å². The summed E-state index contributed by atoms with van der Waals surface area (Å²) >= 11 is 0. The van der Waals surface area contributed by atoms with E-state index < -0.39 is 12.2 Å². The van der Waals surface area contributed by atoms with E-state index in [1.165, 1.54) is 0 Å². The van der Waals surface area contributed by atoms with Gasteiger partial charge >= 0.3 is 0 Å². The molecule has 0 heterocycles. The van der Waals surface area contributed by atoms with Gasteiger partial charge in [0.1, 0.15) is 0 Å². The van der Waals surface area contributed by atoms with E-state index in [0.29, 0.717) is 18.4 Å². The fourth-order valence-electron chi connectivity index (χ4n) is 0.993. The van der Waals surface area contributed by atoms with Crippen molar-refractivity contribution in [1.82, 2.24) is 0 Å². The van der Waals surface area contributed by atoms with E-state index in [1.54, 1.807) is 6.08 Å². The molecule has 1 aliphatic carbocycles. The second kappa shape index (κ2) is 2.99. The van der Waals surface area contributed by atoms with Gasteiger partial charge in [-0.3, -0.25) is 0 Å². The lowest BCUT2D eigenvalue weighted by Crippen LogP contribution is -2.15. The van der Waals surface area contributed by atoms with Gasteiger partial charge in [-0.05, 0) is 12.0 Å². The van der Waals surface area contributed by atoms with Crippen molar-refractivity contribution in [2.75, 3.05) is 0 Å². The minimum absolute atomic E-state index is 0.409. The van der Waals surface area contributed by atoms with Crippen LogP contribution in [0.3, 0.4) is 0 Å². The van der Waals surface area contributed by atoms with Crippen LogP contribution in [0.4, 0.5) is 0 Å². The molecule has 0 aromatic carbocycles. The summed E-state index contributed by atoms with van der Waals surface area (Å²) in [7, 11) is 0. The number of aliphatic hydroxyl groups excluding tert-OH is 2. The maximum Gasteiger partial charge on any atom is 0.0809 e. The van der Waals surface area contributed by atoms with E-state index in [-0.39, 0.29) is 0 Å². The maximum absolute atomic E-state index is 9.22. The molecule has 0 radical (unpaired) electrons. The summed E-state index contributed by atoms with van der Waals surface area (Å²) in [6.45, 7) is 3.64. The van der Waals surface area contributed by atoms with Crippen LogP contribution in [-0.2, 0) is 0 Å². The highest BCUT2D eigenvalue weighted by Crippen LogP contribution is 2.15. The van der Waals surface area contributed by atoms with Crippen molar-refractivity contribution in [3.8, 4) is 0 Å². The molecule has 0 bridgehead atoms. The Labute approximate surface area is 60.5 Å². The summed E-state index contributed by atoms with van der Waals surface area (Å²) in [6, 6.07) is 0. The molecular formula is C8H12O2. The molecule has 2 atom stereocenters.